The molecule has 0 aliphatic rings. The van der Waals surface area contributed by atoms with Crippen LogP contribution in [-0.2, 0) is 10.3 Å². The van der Waals surface area contributed by atoms with Gasteiger partial charge in [0.15, 0.2) is 0 Å². The molecule has 0 aromatic heterocycles. The number of aliphatic hydroxyl groups is 1. The van der Waals surface area contributed by atoms with Crippen molar-refractivity contribution in [1.82, 2.24) is 5.32 Å². The summed E-state index contributed by atoms with van der Waals surface area (Å²) in [5.41, 5.74) is 0.768. The summed E-state index contributed by atoms with van der Waals surface area (Å²) in [7, 11) is 0. The number of hydrogen-bond acceptors (Lipinski definition) is 2. The van der Waals surface area contributed by atoms with Crippen LogP contribution < -0.4 is 5.32 Å². The number of hydrogen-bond donors (Lipinski definition) is 2. The van der Waals surface area contributed by atoms with E-state index in [0.29, 0.717) is 0 Å². The van der Waals surface area contributed by atoms with Crippen LogP contribution >= 0.6 is 0 Å². The van der Waals surface area contributed by atoms with Crippen LogP contribution in [0.2, 0.25) is 0 Å². The van der Waals surface area contributed by atoms with E-state index >= 15 is 0 Å². The predicted octanol–water partition coefficient (Wildman–Crippen LogP) is 2.06. The molecule has 1 atom stereocenters. The van der Waals surface area contributed by atoms with E-state index in [4.69, 9.17) is 0 Å². The lowest BCUT2D eigenvalue weighted by molar-refractivity contribution is -0.118. The zero-order chi connectivity index (χ0) is 15.1. The highest BCUT2D eigenvalue weighted by molar-refractivity contribution is 5.94. The van der Waals surface area contributed by atoms with Gasteiger partial charge in [0.25, 0.3) is 5.91 Å². The van der Waals surface area contributed by atoms with Crippen LogP contribution in [0.1, 0.15) is 18.1 Å². The Morgan fingerprint density at radius 3 is 2.24 bits per heavy atom. The zero-order valence-corrected chi connectivity index (χ0v) is 11.8. The van der Waals surface area contributed by atoms with Gasteiger partial charge in [-0.05, 0) is 24.6 Å². The van der Waals surface area contributed by atoms with E-state index in [1.54, 1.807) is 6.92 Å². The Bertz CT molecular complexity index is 656. The topological polar surface area (TPSA) is 49.3 Å². The van der Waals surface area contributed by atoms with Crippen LogP contribution in [0.25, 0.3) is 0 Å². The van der Waals surface area contributed by atoms with Gasteiger partial charge in [0.05, 0.1) is 12.1 Å². The number of carbonyl (C=O) groups excluding carboxylic acids is 1. The van der Waals surface area contributed by atoms with Crippen molar-refractivity contribution in [3.63, 3.8) is 0 Å². The Labute approximate surface area is 124 Å². The highest BCUT2D eigenvalue weighted by atomic mass is 16.3. The van der Waals surface area contributed by atoms with Gasteiger partial charge in [-0.25, -0.2) is 0 Å². The molecule has 0 fully saturated rings. The van der Waals surface area contributed by atoms with Crippen LogP contribution in [0.3, 0.4) is 0 Å². The molecule has 0 aliphatic heterocycles. The van der Waals surface area contributed by atoms with Gasteiger partial charge >= 0.3 is 0 Å². The Morgan fingerprint density at radius 2 is 1.67 bits per heavy atom. The first-order chi connectivity index (χ1) is 10.1. The van der Waals surface area contributed by atoms with Gasteiger partial charge in [0, 0.05) is 11.5 Å². The predicted molar refractivity (Wildman–Crippen MR) is 82.3 cm³/mol. The van der Waals surface area contributed by atoms with E-state index in [0.717, 1.165) is 11.1 Å². The van der Waals surface area contributed by atoms with Gasteiger partial charge < -0.3 is 10.4 Å². The first-order valence-electron chi connectivity index (χ1n) is 6.70. The fourth-order valence-electron chi connectivity index (χ4n) is 1.94. The van der Waals surface area contributed by atoms with Crippen molar-refractivity contribution >= 4 is 5.91 Å². The standard InChI is InChI=1S/C18H17NO2/c1-18(14-20,16-10-6-3-7-11-16)19-17(21)13-12-15-8-4-2-5-9-15/h2-11,20H,14H2,1H3,(H,19,21). The number of aliphatic hydroxyl groups excluding tert-OH is 1. The van der Waals surface area contributed by atoms with Gasteiger partial charge in [-0.3, -0.25) is 4.79 Å². The van der Waals surface area contributed by atoms with Crippen molar-refractivity contribution in [2.75, 3.05) is 6.61 Å². The molecule has 1 unspecified atom stereocenters. The monoisotopic (exact) mass is 279 g/mol. The molecule has 0 heterocycles. The van der Waals surface area contributed by atoms with E-state index in [2.05, 4.69) is 17.2 Å². The molecule has 0 radical (unpaired) electrons. The number of nitrogens with one attached hydrogen (secondary N) is 1. The minimum atomic E-state index is -0.844. The summed E-state index contributed by atoms with van der Waals surface area (Å²) in [4.78, 5) is 12.0. The smallest absolute Gasteiger partial charge is 0.297 e. The van der Waals surface area contributed by atoms with Crippen molar-refractivity contribution < 1.29 is 9.90 Å². The molecule has 106 valence electrons. The van der Waals surface area contributed by atoms with E-state index < -0.39 is 11.4 Å². The summed E-state index contributed by atoms with van der Waals surface area (Å²) < 4.78 is 0. The maximum Gasteiger partial charge on any atom is 0.297 e. The molecule has 3 nitrogen and oxygen atoms in total. The maximum atomic E-state index is 12.0. The molecule has 2 N–H and O–H groups in total. The van der Waals surface area contributed by atoms with Crippen molar-refractivity contribution in [2.24, 2.45) is 0 Å². The third-order valence-corrected chi connectivity index (χ3v) is 3.21. The highest BCUT2D eigenvalue weighted by Gasteiger charge is 2.26. The molecule has 0 saturated carbocycles. The second kappa shape index (κ2) is 6.74. The lowest BCUT2D eigenvalue weighted by atomic mass is 9.93. The summed E-state index contributed by atoms with van der Waals surface area (Å²) >= 11 is 0. The normalized spacial score (nSPS) is 12.7. The summed E-state index contributed by atoms with van der Waals surface area (Å²) in [5, 5.41) is 12.4. The minimum absolute atomic E-state index is 0.199. The SMILES string of the molecule is CC(CO)(NC(=O)C#Cc1ccccc1)c1ccccc1. The van der Waals surface area contributed by atoms with Crippen LogP contribution in [0.15, 0.2) is 60.7 Å². The van der Waals surface area contributed by atoms with Gasteiger partial charge in [-0.2, -0.15) is 0 Å². The number of rotatable bonds is 3. The summed E-state index contributed by atoms with van der Waals surface area (Å²) in [6, 6.07) is 18.6. The average Bonchev–Trinajstić information content (AvgIpc) is 2.54. The number of benzene rings is 2. The van der Waals surface area contributed by atoms with Crippen LogP contribution in [0, 0.1) is 11.8 Å². The molecule has 0 saturated heterocycles. The molecular formula is C18H17NO2. The molecule has 21 heavy (non-hydrogen) atoms. The van der Waals surface area contributed by atoms with Gasteiger partial charge in [0.1, 0.15) is 0 Å². The summed E-state index contributed by atoms with van der Waals surface area (Å²) in [6.07, 6.45) is 0. The summed E-state index contributed by atoms with van der Waals surface area (Å²) in [6.45, 7) is 1.57. The van der Waals surface area contributed by atoms with Crippen molar-refractivity contribution in [1.29, 1.82) is 0 Å². The Kier molecular flexibility index (Phi) is 4.76. The molecule has 2 rings (SSSR count). The van der Waals surface area contributed by atoms with Gasteiger partial charge in [-0.1, -0.05) is 54.5 Å². The number of amides is 1. The second-order valence-corrected chi connectivity index (χ2v) is 4.93. The fraction of sp³-hybridized carbons (Fsp3) is 0.167. The quantitative estimate of drug-likeness (QED) is 0.845. The van der Waals surface area contributed by atoms with Crippen LogP contribution in [-0.4, -0.2) is 17.6 Å². The Morgan fingerprint density at radius 1 is 1.10 bits per heavy atom. The summed E-state index contributed by atoms with van der Waals surface area (Å²) in [5.74, 6) is 4.93. The first kappa shape index (κ1) is 14.8. The molecule has 0 bridgehead atoms. The highest BCUT2D eigenvalue weighted by Crippen LogP contribution is 2.19. The number of carbonyl (C=O) groups is 1. The molecule has 0 spiro atoms. The van der Waals surface area contributed by atoms with Crippen molar-refractivity contribution in [3.05, 3.63) is 71.8 Å². The zero-order valence-electron chi connectivity index (χ0n) is 11.8. The van der Waals surface area contributed by atoms with Crippen molar-refractivity contribution in [3.8, 4) is 11.8 Å². The van der Waals surface area contributed by atoms with E-state index in [9.17, 15) is 9.90 Å². The first-order valence-corrected chi connectivity index (χ1v) is 6.70. The maximum absolute atomic E-state index is 12.0. The Hall–Kier alpha value is -2.57. The van der Waals surface area contributed by atoms with Crippen LogP contribution in [0.4, 0.5) is 0 Å². The Balaban J connectivity index is 2.13. The molecule has 1 amide bonds. The fourth-order valence-corrected chi connectivity index (χ4v) is 1.94. The molecule has 0 aliphatic carbocycles. The molecule has 2 aromatic rings. The second-order valence-electron chi connectivity index (χ2n) is 4.93. The molecule has 2 aromatic carbocycles. The van der Waals surface area contributed by atoms with E-state index in [1.165, 1.54) is 0 Å². The van der Waals surface area contributed by atoms with E-state index in [1.807, 2.05) is 60.7 Å². The van der Waals surface area contributed by atoms with Crippen molar-refractivity contribution in [2.45, 2.75) is 12.5 Å². The van der Waals surface area contributed by atoms with Gasteiger partial charge in [-0.15, -0.1) is 0 Å². The lowest BCUT2D eigenvalue weighted by Crippen LogP contribution is -2.45. The molecule has 3 heteroatoms. The largest absolute Gasteiger partial charge is 0.394 e. The van der Waals surface area contributed by atoms with Gasteiger partial charge in [0.2, 0.25) is 0 Å². The average molecular weight is 279 g/mol. The minimum Gasteiger partial charge on any atom is -0.394 e. The third kappa shape index (κ3) is 3.95. The van der Waals surface area contributed by atoms with E-state index in [-0.39, 0.29) is 6.61 Å². The lowest BCUT2D eigenvalue weighted by Gasteiger charge is -2.28. The molecular weight excluding hydrogens is 262 g/mol. The van der Waals surface area contributed by atoms with Crippen LogP contribution in [0.5, 0.6) is 0 Å². The third-order valence-electron chi connectivity index (χ3n) is 3.21.